The molecule has 0 saturated carbocycles. The number of hydrogen-bond donors (Lipinski definition) is 1. The first-order valence-electron chi connectivity index (χ1n) is 7.18. The Bertz CT molecular complexity index is 773. The number of carbonyl (C=O) groups is 2. The van der Waals surface area contributed by atoms with Gasteiger partial charge in [-0.25, -0.2) is 22.4 Å². The summed E-state index contributed by atoms with van der Waals surface area (Å²) in [7, 11) is 2.91. The van der Waals surface area contributed by atoms with Crippen molar-refractivity contribution in [3.05, 3.63) is 34.9 Å². The van der Waals surface area contributed by atoms with Crippen LogP contribution in [-0.2, 0) is 18.8 Å². The maximum Gasteiger partial charge on any atom is 0.341 e. The van der Waals surface area contributed by atoms with Crippen LogP contribution in [0, 0.1) is 0 Å². The molecule has 2 rings (SSSR count). The molecule has 0 saturated heterocycles. The van der Waals surface area contributed by atoms with Crippen LogP contribution in [0.15, 0.2) is 12.4 Å². The van der Waals surface area contributed by atoms with Crippen LogP contribution < -0.4 is 5.73 Å². The number of aromatic nitrogens is 4. The van der Waals surface area contributed by atoms with Crippen LogP contribution in [0.3, 0.4) is 0 Å². The van der Waals surface area contributed by atoms with Crippen LogP contribution in [0.5, 0.6) is 0 Å². The fraction of sp³-hybridized carbons (Fsp3) is 0.429. The van der Waals surface area contributed by atoms with E-state index in [0.717, 1.165) is 9.36 Å². The van der Waals surface area contributed by atoms with Gasteiger partial charge in [-0.05, 0) is 6.92 Å². The lowest BCUT2D eigenvalue weighted by molar-refractivity contribution is 0.0515. The highest BCUT2D eigenvalue weighted by atomic mass is 19.3. The van der Waals surface area contributed by atoms with Gasteiger partial charge in [-0.1, -0.05) is 0 Å². The Morgan fingerprint density at radius 3 is 1.81 bits per heavy atom. The minimum Gasteiger partial charge on any atom is -0.462 e. The van der Waals surface area contributed by atoms with Crippen molar-refractivity contribution in [2.24, 2.45) is 19.8 Å². The molecule has 26 heavy (non-hydrogen) atoms. The monoisotopic (exact) mass is 379 g/mol. The molecule has 2 N–H and O–H groups in total. The van der Waals surface area contributed by atoms with Gasteiger partial charge in [-0.2, -0.15) is 10.2 Å². The van der Waals surface area contributed by atoms with Crippen LogP contribution in [0.4, 0.5) is 17.6 Å². The third-order valence-electron chi connectivity index (χ3n) is 2.89. The van der Waals surface area contributed by atoms with Crippen molar-refractivity contribution < 1.29 is 31.9 Å². The van der Waals surface area contributed by atoms with Crippen molar-refractivity contribution >= 4 is 11.9 Å². The Hall–Kier alpha value is -2.92. The van der Waals surface area contributed by atoms with E-state index in [4.69, 9.17) is 5.73 Å². The van der Waals surface area contributed by atoms with E-state index < -0.39 is 36.1 Å². The summed E-state index contributed by atoms with van der Waals surface area (Å²) in [5, 5.41) is 6.88. The largest absolute Gasteiger partial charge is 0.462 e. The molecule has 0 unspecified atom stereocenters. The molecule has 0 bridgehead atoms. The summed E-state index contributed by atoms with van der Waals surface area (Å²) in [5.41, 5.74) is 3.33. The Morgan fingerprint density at radius 2 is 1.46 bits per heavy atom. The summed E-state index contributed by atoms with van der Waals surface area (Å²) in [6, 6.07) is 0. The van der Waals surface area contributed by atoms with Crippen LogP contribution in [-0.4, -0.2) is 38.0 Å². The van der Waals surface area contributed by atoms with Crippen LogP contribution in [0.25, 0.3) is 0 Å². The van der Waals surface area contributed by atoms with Crippen molar-refractivity contribution in [2.75, 3.05) is 6.61 Å². The number of amides is 1. The smallest absolute Gasteiger partial charge is 0.341 e. The second-order valence-corrected chi connectivity index (χ2v) is 4.89. The van der Waals surface area contributed by atoms with Crippen molar-refractivity contribution in [3.8, 4) is 0 Å². The summed E-state index contributed by atoms with van der Waals surface area (Å²) < 4.78 is 55.8. The SMILES string of the molecule is CCOC(=O)c1cn(C)nc1C(F)F.Cn1cc(C(N)=O)c(C(F)F)n1. The van der Waals surface area contributed by atoms with Gasteiger partial charge in [0.1, 0.15) is 17.0 Å². The predicted octanol–water partition coefficient (Wildman–Crippen LogP) is 1.99. The zero-order chi connectivity index (χ0) is 20.0. The molecule has 144 valence electrons. The van der Waals surface area contributed by atoms with E-state index in [0.29, 0.717) is 0 Å². The molecular weight excluding hydrogens is 362 g/mol. The average Bonchev–Trinajstić information content (AvgIpc) is 3.11. The first-order chi connectivity index (χ1) is 12.1. The molecule has 0 aliphatic heterocycles. The first-order valence-corrected chi connectivity index (χ1v) is 7.18. The lowest BCUT2D eigenvalue weighted by Gasteiger charge is -2.00. The molecule has 12 heteroatoms. The summed E-state index contributed by atoms with van der Waals surface area (Å²) >= 11 is 0. The van der Waals surface area contributed by atoms with Crippen molar-refractivity contribution in [1.29, 1.82) is 0 Å². The Kier molecular flexibility index (Phi) is 7.28. The quantitative estimate of drug-likeness (QED) is 0.632. The zero-order valence-electron chi connectivity index (χ0n) is 14.1. The predicted molar refractivity (Wildman–Crippen MR) is 80.8 cm³/mol. The molecule has 8 nitrogen and oxygen atoms in total. The number of primary amides is 1. The van der Waals surface area contributed by atoms with Gasteiger partial charge >= 0.3 is 5.97 Å². The number of esters is 1. The van der Waals surface area contributed by atoms with E-state index in [1.165, 1.54) is 26.5 Å². The molecule has 1 amide bonds. The molecular formula is C14H17F4N5O3. The minimum absolute atomic E-state index is 0.149. The van der Waals surface area contributed by atoms with Gasteiger partial charge in [-0.15, -0.1) is 0 Å². The standard InChI is InChI=1S/C8H10F2N2O2.C6H7F2N3O/c1-3-14-8(13)5-4-12(2)11-6(5)7(9)10;1-11-2-3(6(9)12)4(10-11)5(7)8/h4,7H,3H2,1-2H3;2,5H,1H3,(H2,9,12). The Balaban J connectivity index is 0.000000263. The maximum absolute atomic E-state index is 12.4. The fourth-order valence-electron chi connectivity index (χ4n) is 1.89. The highest BCUT2D eigenvalue weighted by molar-refractivity contribution is 5.93. The van der Waals surface area contributed by atoms with E-state index in [9.17, 15) is 27.2 Å². The number of alkyl halides is 4. The van der Waals surface area contributed by atoms with Gasteiger partial charge in [-0.3, -0.25) is 14.2 Å². The summed E-state index contributed by atoms with van der Waals surface area (Å²) in [4.78, 5) is 21.7. The second kappa shape index (κ2) is 8.97. The summed E-state index contributed by atoms with van der Waals surface area (Å²) in [5.74, 6) is -1.66. The summed E-state index contributed by atoms with van der Waals surface area (Å²) in [6.07, 6.45) is -3.15. The van der Waals surface area contributed by atoms with Gasteiger partial charge in [0.15, 0.2) is 0 Å². The highest BCUT2D eigenvalue weighted by Gasteiger charge is 2.23. The maximum atomic E-state index is 12.4. The van der Waals surface area contributed by atoms with Crippen molar-refractivity contribution in [2.45, 2.75) is 19.8 Å². The first kappa shape index (κ1) is 21.1. The third-order valence-corrected chi connectivity index (χ3v) is 2.89. The number of aryl methyl sites for hydroxylation is 2. The fourth-order valence-corrected chi connectivity index (χ4v) is 1.89. The van der Waals surface area contributed by atoms with Gasteiger partial charge in [0, 0.05) is 26.5 Å². The topological polar surface area (TPSA) is 105 Å². The number of nitrogens with zero attached hydrogens (tertiary/aromatic N) is 4. The summed E-state index contributed by atoms with van der Waals surface area (Å²) in [6.45, 7) is 1.76. The van der Waals surface area contributed by atoms with Crippen LogP contribution in [0.2, 0.25) is 0 Å². The van der Waals surface area contributed by atoms with E-state index in [1.807, 2.05) is 0 Å². The van der Waals surface area contributed by atoms with Crippen molar-refractivity contribution in [3.63, 3.8) is 0 Å². The number of nitrogens with two attached hydrogens (primary N) is 1. The van der Waals surface area contributed by atoms with Gasteiger partial charge < -0.3 is 10.5 Å². The highest BCUT2D eigenvalue weighted by Crippen LogP contribution is 2.21. The normalized spacial score (nSPS) is 10.7. The second-order valence-electron chi connectivity index (χ2n) is 4.89. The molecule has 0 atom stereocenters. The lowest BCUT2D eigenvalue weighted by atomic mass is 10.2. The number of hydrogen-bond acceptors (Lipinski definition) is 5. The average molecular weight is 379 g/mol. The number of carbonyl (C=O) groups excluding carboxylic acids is 2. The van der Waals surface area contributed by atoms with Crippen LogP contribution in [0.1, 0.15) is 51.9 Å². The van der Waals surface area contributed by atoms with Gasteiger partial charge in [0.25, 0.3) is 18.8 Å². The lowest BCUT2D eigenvalue weighted by Crippen LogP contribution is -2.12. The van der Waals surface area contributed by atoms with E-state index >= 15 is 0 Å². The molecule has 0 spiro atoms. The molecule has 2 heterocycles. The molecule has 0 radical (unpaired) electrons. The van der Waals surface area contributed by atoms with E-state index in [-0.39, 0.29) is 17.7 Å². The molecule has 0 aliphatic carbocycles. The van der Waals surface area contributed by atoms with E-state index in [1.54, 1.807) is 6.92 Å². The minimum atomic E-state index is -2.77. The number of ether oxygens (including phenoxy) is 1. The molecule has 2 aromatic rings. The van der Waals surface area contributed by atoms with E-state index in [2.05, 4.69) is 14.9 Å². The molecule has 0 aliphatic rings. The van der Waals surface area contributed by atoms with Crippen LogP contribution >= 0.6 is 0 Å². The van der Waals surface area contributed by atoms with Gasteiger partial charge in [0.05, 0.1) is 12.2 Å². The van der Waals surface area contributed by atoms with Crippen molar-refractivity contribution in [1.82, 2.24) is 19.6 Å². The molecule has 0 fully saturated rings. The third kappa shape index (κ3) is 5.29. The van der Waals surface area contributed by atoms with Gasteiger partial charge in [0.2, 0.25) is 0 Å². The zero-order valence-corrected chi connectivity index (χ0v) is 14.1. The molecule has 2 aromatic heterocycles. The Morgan fingerprint density at radius 1 is 1.04 bits per heavy atom. The Labute approximate surface area is 145 Å². The number of rotatable bonds is 5. The molecule has 0 aromatic carbocycles. The number of halogens is 4.